The van der Waals surface area contributed by atoms with Crippen LogP contribution in [0.25, 0.3) is 34.4 Å². The topological polar surface area (TPSA) is 143 Å². The van der Waals surface area contributed by atoms with Gasteiger partial charge in [0, 0.05) is 17.5 Å². The van der Waals surface area contributed by atoms with Crippen LogP contribution in [0.3, 0.4) is 0 Å². The average molecular weight is 717 g/mol. The van der Waals surface area contributed by atoms with Crippen LogP contribution >= 0.6 is 0 Å². The molecule has 2 fully saturated rings. The number of methoxy groups -OCH3 is 1. The second kappa shape index (κ2) is 15.6. The number of carbonyl (C=O) groups is 4. The first-order chi connectivity index (χ1) is 24.3. The van der Waals surface area contributed by atoms with Crippen LogP contribution in [0.2, 0.25) is 0 Å². The van der Waals surface area contributed by atoms with Crippen LogP contribution in [-0.2, 0) is 19.1 Å². The molecule has 10 nitrogen and oxygen atoms in total. The molecule has 11 heteroatoms. The first-order valence-corrected chi connectivity index (χ1v) is 18.3. The summed E-state index contributed by atoms with van der Waals surface area (Å²) in [5.41, 5.74) is 7.90. The summed E-state index contributed by atoms with van der Waals surface area (Å²) in [6.07, 6.45) is 8.92. The van der Waals surface area contributed by atoms with Crippen LogP contribution in [0, 0.1) is 49.4 Å². The van der Waals surface area contributed by atoms with Crippen LogP contribution in [0.1, 0.15) is 128 Å². The SMILES string of the molecule is CCC(C)CCOC(=O)CC[C@@H]1/C2=C3/c4[n-]c(c(C)c4C(=O)[C@@H]3C(=O)OC)/C=C3\[N-]/C(=C\c4[n-]c(c(C)c4C(C)=O)/C=C(\[N-]2)[C@H]1C)[C@H](C)[C@H]3CC.[Mg+2]. The van der Waals surface area contributed by atoms with Crippen LogP contribution in [0.15, 0.2) is 22.8 Å². The zero-order valence-electron chi connectivity index (χ0n) is 31.9. The van der Waals surface area contributed by atoms with Gasteiger partial charge in [-0.05, 0) is 63.2 Å². The molecule has 0 spiro atoms. The molecule has 2 saturated heterocycles. The van der Waals surface area contributed by atoms with E-state index in [0.29, 0.717) is 75.4 Å². The molecule has 6 rings (SSSR count). The fourth-order valence-corrected chi connectivity index (χ4v) is 8.09. The van der Waals surface area contributed by atoms with Gasteiger partial charge in [-0.1, -0.05) is 82.4 Å². The molecule has 3 aliphatic heterocycles. The molecule has 0 amide bonds. The molecule has 0 aromatic carbocycles. The zero-order valence-corrected chi connectivity index (χ0v) is 33.3. The van der Waals surface area contributed by atoms with Crippen molar-refractivity contribution in [3.05, 3.63) is 78.5 Å². The predicted molar refractivity (Wildman–Crippen MR) is 202 cm³/mol. The Morgan fingerprint density at radius 1 is 0.885 bits per heavy atom. The van der Waals surface area contributed by atoms with E-state index in [1.54, 1.807) is 6.92 Å². The molecule has 272 valence electrons. The average Bonchev–Trinajstić information content (AvgIpc) is 3.84. The number of fused-ring (bicyclic) bond motifs is 7. The molecule has 5 heterocycles. The normalized spacial score (nSPS) is 28.0. The second-order valence-electron chi connectivity index (χ2n) is 14.6. The largest absolute Gasteiger partial charge is 2.00 e. The second-order valence-corrected chi connectivity index (χ2v) is 14.6. The van der Waals surface area contributed by atoms with Gasteiger partial charge in [0.05, 0.1) is 13.7 Å². The predicted octanol–water partition coefficient (Wildman–Crippen LogP) is 7.92. The van der Waals surface area contributed by atoms with E-state index in [1.165, 1.54) is 7.11 Å². The molecular weight excluding hydrogens is 669 g/mol. The minimum atomic E-state index is -1.23. The van der Waals surface area contributed by atoms with E-state index in [1.807, 2.05) is 39.0 Å². The van der Waals surface area contributed by atoms with Gasteiger partial charge in [-0.3, -0.25) is 19.2 Å². The number of esters is 2. The Balaban J connectivity index is 0.00000523. The molecule has 0 N–H and O–H groups in total. The van der Waals surface area contributed by atoms with Crippen LogP contribution in [0.5, 0.6) is 0 Å². The Kier molecular flexibility index (Phi) is 11.8. The number of aromatic nitrogens is 2. The van der Waals surface area contributed by atoms with Gasteiger partial charge in [-0.25, -0.2) is 0 Å². The summed E-state index contributed by atoms with van der Waals surface area (Å²) in [5, 5.41) is 10.2. The summed E-state index contributed by atoms with van der Waals surface area (Å²) in [5.74, 6) is -2.61. The summed E-state index contributed by atoms with van der Waals surface area (Å²) in [6, 6.07) is 0. The first kappa shape index (κ1) is 39.4. The van der Waals surface area contributed by atoms with E-state index >= 15 is 0 Å². The minimum Gasteiger partial charge on any atom is -0.664 e. The van der Waals surface area contributed by atoms with Crippen molar-refractivity contribution in [1.82, 2.24) is 9.97 Å². The van der Waals surface area contributed by atoms with Gasteiger partial charge in [0.15, 0.2) is 11.6 Å². The number of nitrogens with zero attached hydrogens (tertiary/aromatic N) is 4. The molecule has 6 atom stereocenters. The van der Waals surface area contributed by atoms with Crippen LogP contribution in [0.4, 0.5) is 0 Å². The Labute approximate surface area is 322 Å². The molecule has 4 aliphatic rings. The number of ether oxygens (including phenoxy) is 2. The Bertz CT molecular complexity index is 1930. The van der Waals surface area contributed by atoms with Crippen molar-refractivity contribution in [1.29, 1.82) is 0 Å². The van der Waals surface area contributed by atoms with E-state index < -0.39 is 11.9 Å². The smallest absolute Gasteiger partial charge is 0.664 e. The van der Waals surface area contributed by atoms with Gasteiger partial charge in [0.2, 0.25) is 0 Å². The third kappa shape index (κ3) is 6.86. The molecular formula is C41H48MgN4O6-2. The fraction of sp³-hybridized carbons (Fsp3) is 0.512. The van der Waals surface area contributed by atoms with Crippen LogP contribution < -0.4 is 9.97 Å². The van der Waals surface area contributed by atoms with Crippen molar-refractivity contribution < 1.29 is 28.7 Å². The van der Waals surface area contributed by atoms with Gasteiger partial charge in [-0.2, -0.15) is 22.8 Å². The number of hydrogen-bond donors (Lipinski definition) is 0. The molecule has 1 unspecified atom stereocenters. The van der Waals surface area contributed by atoms with Crippen molar-refractivity contribution >= 4 is 70.4 Å². The monoisotopic (exact) mass is 716 g/mol. The van der Waals surface area contributed by atoms with Gasteiger partial charge in [0.25, 0.3) is 0 Å². The van der Waals surface area contributed by atoms with Crippen molar-refractivity contribution in [3.8, 4) is 0 Å². The maximum atomic E-state index is 14.2. The maximum Gasteiger partial charge on any atom is 2.00 e. The molecule has 2 aromatic rings. The molecule has 1 aliphatic carbocycles. The Morgan fingerprint density at radius 3 is 2.17 bits per heavy atom. The third-order valence-corrected chi connectivity index (χ3v) is 11.5. The number of allylic oxidation sites excluding steroid dienone is 4. The summed E-state index contributed by atoms with van der Waals surface area (Å²) in [6.45, 7) is 16.2. The van der Waals surface area contributed by atoms with Gasteiger partial charge < -0.3 is 30.1 Å². The number of Topliss-reactive ketones (excluding diaryl/α,β-unsaturated/α-hetero) is 2. The quantitative estimate of drug-likeness (QED) is 0.104. The van der Waals surface area contributed by atoms with Gasteiger partial charge in [-0.15, -0.1) is 22.8 Å². The van der Waals surface area contributed by atoms with Crippen molar-refractivity contribution in [3.63, 3.8) is 0 Å². The molecule has 0 saturated carbocycles. The summed E-state index contributed by atoms with van der Waals surface area (Å²) in [4.78, 5) is 63.7. The summed E-state index contributed by atoms with van der Waals surface area (Å²) in [7, 11) is 1.27. The molecule has 0 radical (unpaired) electrons. The molecule has 8 bridgehead atoms. The number of hydrogen-bond acceptors (Lipinski definition) is 6. The number of carbonyl (C=O) groups excluding carboxylic acids is 4. The van der Waals surface area contributed by atoms with E-state index in [2.05, 4.69) is 27.7 Å². The standard InChI is InChI=1S/C41H50N4O6.Mg/c1-10-19(3)14-15-51-33(47)13-12-26-21(5)28-16-29-22(6)34(24(8)46)32(43-29)18-27-20(4)25(11-2)31(42-27)17-30-23(7)35-39(45-30)36(38(26)44-28)37(40(35)48)41(49)50-9;/h16-21,25-26,37H,10-15H2,1-9H3,(H2-2,42,43,44,45,46,48);/q-2;+2/p-2/b28-16-,31-17-;/t19?,20-,21+,25-,26+,37-;/m1./s1. The van der Waals surface area contributed by atoms with Crippen molar-refractivity contribution in [2.75, 3.05) is 13.7 Å². The minimum absolute atomic E-state index is 0. The van der Waals surface area contributed by atoms with Gasteiger partial charge in [0.1, 0.15) is 5.92 Å². The van der Waals surface area contributed by atoms with Crippen molar-refractivity contribution in [2.45, 2.75) is 87.5 Å². The number of rotatable bonds is 10. The first-order valence-electron chi connectivity index (χ1n) is 18.3. The molecule has 52 heavy (non-hydrogen) atoms. The zero-order chi connectivity index (χ0) is 36.9. The molecule has 2 aromatic heterocycles. The maximum absolute atomic E-state index is 14.2. The summed E-state index contributed by atoms with van der Waals surface area (Å²) >= 11 is 0. The Hall–Kier alpha value is -3.83. The Morgan fingerprint density at radius 2 is 1.52 bits per heavy atom. The van der Waals surface area contributed by atoms with E-state index in [9.17, 15) is 19.2 Å². The van der Waals surface area contributed by atoms with E-state index in [0.717, 1.165) is 36.2 Å². The third-order valence-electron chi connectivity index (χ3n) is 11.5. The summed E-state index contributed by atoms with van der Waals surface area (Å²) < 4.78 is 10.8. The van der Waals surface area contributed by atoms with E-state index in [4.69, 9.17) is 30.1 Å². The van der Waals surface area contributed by atoms with Crippen LogP contribution in [-0.4, -0.2) is 60.3 Å². The van der Waals surface area contributed by atoms with Gasteiger partial charge >= 0.3 is 35.0 Å². The number of ketones is 2. The van der Waals surface area contributed by atoms with Crippen molar-refractivity contribution in [2.24, 2.45) is 35.5 Å². The van der Waals surface area contributed by atoms with E-state index in [-0.39, 0.29) is 70.7 Å². The fourth-order valence-electron chi connectivity index (χ4n) is 8.09.